The minimum Gasteiger partial charge on any atom is -0.378 e. The van der Waals surface area contributed by atoms with E-state index < -0.39 is 0 Å². The highest BCUT2D eigenvalue weighted by molar-refractivity contribution is 6.30. The molecule has 0 aromatic heterocycles. The molecule has 1 heterocycles. The number of morpholine rings is 1. The largest absolute Gasteiger partial charge is 0.378 e. The molecule has 27 heavy (non-hydrogen) atoms. The number of amides is 1. The van der Waals surface area contributed by atoms with Crippen molar-refractivity contribution in [1.82, 2.24) is 5.32 Å². The molecule has 6 heteroatoms. The van der Waals surface area contributed by atoms with Crippen LogP contribution in [0.25, 0.3) is 0 Å². The summed E-state index contributed by atoms with van der Waals surface area (Å²) in [5.74, 6) is -0.0667. The third-order valence-electron chi connectivity index (χ3n) is 4.75. The lowest BCUT2D eigenvalue weighted by molar-refractivity contribution is -0.117. The van der Waals surface area contributed by atoms with Gasteiger partial charge in [0.05, 0.1) is 19.3 Å². The maximum absolute atomic E-state index is 12.5. The van der Waals surface area contributed by atoms with E-state index in [-0.39, 0.29) is 18.0 Å². The molecule has 0 radical (unpaired) electrons. The minimum atomic E-state index is -0.335. The summed E-state index contributed by atoms with van der Waals surface area (Å²) in [6.07, 6.45) is 0. The average molecular weight is 388 g/mol. The summed E-state index contributed by atoms with van der Waals surface area (Å²) in [7, 11) is 0. The van der Waals surface area contributed by atoms with Gasteiger partial charge in [-0.15, -0.1) is 0 Å². The number of benzene rings is 2. The van der Waals surface area contributed by atoms with E-state index in [1.54, 1.807) is 0 Å². The monoisotopic (exact) mass is 387 g/mol. The van der Waals surface area contributed by atoms with Crippen molar-refractivity contribution < 1.29 is 9.53 Å². The van der Waals surface area contributed by atoms with Crippen LogP contribution < -0.4 is 15.5 Å². The Labute approximate surface area is 165 Å². The van der Waals surface area contributed by atoms with Gasteiger partial charge in [0.25, 0.3) is 0 Å². The van der Waals surface area contributed by atoms with E-state index >= 15 is 0 Å². The van der Waals surface area contributed by atoms with Crippen LogP contribution in [0.15, 0.2) is 48.5 Å². The zero-order chi connectivity index (χ0) is 19.2. The van der Waals surface area contributed by atoms with E-state index in [2.05, 4.69) is 15.5 Å². The van der Waals surface area contributed by atoms with Crippen LogP contribution in [0.5, 0.6) is 0 Å². The molecule has 2 unspecified atom stereocenters. The predicted molar refractivity (Wildman–Crippen MR) is 111 cm³/mol. The SMILES string of the molecule is CC(NC(C)c1cccc(Cl)c1)C(=O)Nc1ccc(N2CCOCC2)cc1. The van der Waals surface area contributed by atoms with Gasteiger partial charge in [0.2, 0.25) is 5.91 Å². The molecule has 0 saturated carbocycles. The molecular weight excluding hydrogens is 362 g/mol. The normalized spacial score (nSPS) is 16.6. The standard InChI is InChI=1S/C21H26ClN3O2/c1-15(17-4-3-5-18(22)14-17)23-16(2)21(26)24-19-6-8-20(9-7-19)25-10-12-27-13-11-25/h3-9,14-16,23H,10-13H2,1-2H3,(H,24,26). The number of anilines is 2. The molecule has 3 rings (SSSR count). The van der Waals surface area contributed by atoms with Gasteiger partial charge < -0.3 is 15.0 Å². The van der Waals surface area contributed by atoms with Gasteiger partial charge in [-0.3, -0.25) is 10.1 Å². The number of nitrogens with one attached hydrogen (secondary N) is 2. The van der Waals surface area contributed by atoms with Crippen LogP contribution in [0.1, 0.15) is 25.5 Å². The van der Waals surface area contributed by atoms with E-state index in [0.717, 1.165) is 43.2 Å². The minimum absolute atomic E-state index is 0.0214. The van der Waals surface area contributed by atoms with Crippen LogP contribution in [0.4, 0.5) is 11.4 Å². The lowest BCUT2D eigenvalue weighted by atomic mass is 10.1. The first-order chi connectivity index (χ1) is 13.0. The van der Waals surface area contributed by atoms with Crippen LogP contribution >= 0.6 is 11.6 Å². The zero-order valence-corrected chi connectivity index (χ0v) is 16.5. The van der Waals surface area contributed by atoms with Gasteiger partial charge in [-0.05, 0) is 55.8 Å². The highest BCUT2D eigenvalue weighted by atomic mass is 35.5. The van der Waals surface area contributed by atoms with Gasteiger partial charge in [0, 0.05) is 35.5 Å². The fourth-order valence-electron chi connectivity index (χ4n) is 3.15. The van der Waals surface area contributed by atoms with E-state index in [9.17, 15) is 4.79 Å². The molecule has 2 N–H and O–H groups in total. The molecule has 144 valence electrons. The summed E-state index contributed by atoms with van der Waals surface area (Å²) in [4.78, 5) is 14.8. The number of carbonyl (C=O) groups excluding carboxylic acids is 1. The number of ether oxygens (including phenoxy) is 1. The van der Waals surface area contributed by atoms with Gasteiger partial charge in [0.1, 0.15) is 0 Å². The Bertz CT molecular complexity index is 760. The first-order valence-corrected chi connectivity index (χ1v) is 9.66. The maximum atomic E-state index is 12.5. The number of halogens is 1. The fraction of sp³-hybridized carbons (Fsp3) is 0.381. The molecule has 2 aromatic rings. The molecule has 0 aliphatic carbocycles. The fourth-order valence-corrected chi connectivity index (χ4v) is 3.35. The molecule has 5 nitrogen and oxygen atoms in total. The van der Waals surface area contributed by atoms with Gasteiger partial charge in [-0.2, -0.15) is 0 Å². The number of hydrogen-bond donors (Lipinski definition) is 2. The number of nitrogens with zero attached hydrogens (tertiary/aromatic N) is 1. The van der Waals surface area contributed by atoms with Crippen molar-refractivity contribution in [3.8, 4) is 0 Å². The second-order valence-corrected chi connectivity index (χ2v) is 7.24. The molecule has 1 aliphatic heterocycles. The van der Waals surface area contributed by atoms with Crippen LogP contribution in [0, 0.1) is 0 Å². The predicted octanol–water partition coefficient (Wildman–Crippen LogP) is 3.85. The summed E-state index contributed by atoms with van der Waals surface area (Å²) in [6.45, 7) is 7.19. The summed E-state index contributed by atoms with van der Waals surface area (Å²) >= 11 is 6.05. The highest BCUT2D eigenvalue weighted by Crippen LogP contribution is 2.20. The van der Waals surface area contributed by atoms with Crippen molar-refractivity contribution in [3.05, 3.63) is 59.1 Å². The molecule has 1 amide bonds. The molecule has 2 atom stereocenters. The third-order valence-corrected chi connectivity index (χ3v) is 4.99. The average Bonchev–Trinajstić information content (AvgIpc) is 2.69. The Kier molecular flexibility index (Phi) is 6.72. The van der Waals surface area contributed by atoms with Gasteiger partial charge in [-0.1, -0.05) is 23.7 Å². The summed E-state index contributed by atoms with van der Waals surface area (Å²) in [5.41, 5.74) is 3.00. The maximum Gasteiger partial charge on any atom is 0.241 e. The molecule has 1 saturated heterocycles. The van der Waals surface area contributed by atoms with E-state index in [4.69, 9.17) is 16.3 Å². The second-order valence-electron chi connectivity index (χ2n) is 6.80. The molecular formula is C21H26ClN3O2. The van der Waals surface area contributed by atoms with Gasteiger partial charge in [0.15, 0.2) is 0 Å². The quantitative estimate of drug-likeness (QED) is 0.790. The first kappa shape index (κ1) is 19.7. The number of hydrogen-bond acceptors (Lipinski definition) is 4. The Balaban J connectivity index is 1.54. The molecule has 1 aliphatic rings. The Morgan fingerprint density at radius 1 is 1.11 bits per heavy atom. The molecule has 1 fully saturated rings. The van der Waals surface area contributed by atoms with Crippen LogP contribution in [0.3, 0.4) is 0 Å². The Hall–Kier alpha value is -2.08. The molecule has 0 spiro atoms. The van der Waals surface area contributed by atoms with Crippen molar-refractivity contribution >= 4 is 28.9 Å². The number of rotatable bonds is 6. The summed E-state index contributed by atoms with van der Waals surface area (Å²) in [5, 5.41) is 6.98. The van der Waals surface area contributed by atoms with Crippen molar-refractivity contribution in [2.24, 2.45) is 0 Å². The smallest absolute Gasteiger partial charge is 0.241 e. The Morgan fingerprint density at radius 2 is 1.81 bits per heavy atom. The third kappa shape index (κ3) is 5.45. The number of carbonyl (C=O) groups is 1. The van der Waals surface area contributed by atoms with Gasteiger partial charge >= 0.3 is 0 Å². The van der Waals surface area contributed by atoms with Crippen LogP contribution in [0.2, 0.25) is 5.02 Å². The lowest BCUT2D eigenvalue weighted by Gasteiger charge is -2.29. The van der Waals surface area contributed by atoms with Crippen LogP contribution in [-0.4, -0.2) is 38.3 Å². The first-order valence-electron chi connectivity index (χ1n) is 9.28. The highest BCUT2D eigenvalue weighted by Gasteiger charge is 2.17. The molecule has 0 bridgehead atoms. The van der Waals surface area contributed by atoms with Gasteiger partial charge in [-0.25, -0.2) is 0 Å². The summed E-state index contributed by atoms with van der Waals surface area (Å²) in [6, 6.07) is 15.3. The molecule has 2 aromatic carbocycles. The van der Waals surface area contributed by atoms with E-state index in [1.165, 1.54) is 0 Å². The van der Waals surface area contributed by atoms with Crippen molar-refractivity contribution in [3.63, 3.8) is 0 Å². The van der Waals surface area contributed by atoms with Crippen molar-refractivity contribution in [2.45, 2.75) is 25.9 Å². The lowest BCUT2D eigenvalue weighted by Crippen LogP contribution is -2.39. The second kappa shape index (κ2) is 9.22. The topological polar surface area (TPSA) is 53.6 Å². The van der Waals surface area contributed by atoms with Crippen molar-refractivity contribution in [1.29, 1.82) is 0 Å². The Morgan fingerprint density at radius 3 is 2.48 bits per heavy atom. The zero-order valence-electron chi connectivity index (χ0n) is 15.7. The van der Waals surface area contributed by atoms with Crippen molar-refractivity contribution in [2.75, 3.05) is 36.5 Å². The summed E-state index contributed by atoms with van der Waals surface area (Å²) < 4.78 is 5.38. The van der Waals surface area contributed by atoms with E-state index in [0.29, 0.717) is 5.02 Å². The van der Waals surface area contributed by atoms with E-state index in [1.807, 2.05) is 62.4 Å². The van der Waals surface area contributed by atoms with Crippen LogP contribution in [-0.2, 0) is 9.53 Å².